The summed E-state index contributed by atoms with van der Waals surface area (Å²) in [6.07, 6.45) is 4.57. The molecule has 0 bridgehead atoms. The van der Waals surface area contributed by atoms with Crippen LogP contribution in [0.4, 0.5) is 5.82 Å². The molecule has 0 fully saturated rings. The Morgan fingerprint density at radius 1 is 1.09 bits per heavy atom. The first kappa shape index (κ1) is 13.5. The minimum Gasteiger partial charge on any atom is -0.306 e. The number of anilines is 1. The van der Waals surface area contributed by atoms with Crippen LogP contribution in [0.1, 0.15) is 40.9 Å². The Balaban J connectivity index is 2.01. The highest BCUT2D eigenvalue weighted by atomic mass is 32.2. The summed E-state index contributed by atoms with van der Waals surface area (Å²) < 4.78 is 26.8. The third kappa shape index (κ3) is 1.81. The van der Waals surface area contributed by atoms with Crippen molar-refractivity contribution in [2.24, 2.45) is 0 Å². The second kappa shape index (κ2) is 4.67. The van der Waals surface area contributed by atoms with Crippen LogP contribution in [0.15, 0.2) is 29.2 Å². The summed E-state index contributed by atoms with van der Waals surface area (Å²) >= 11 is 0. The van der Waals surface area contributed by atoms with E-state index in [1.807, 2.05) is 0 Å². The van der Waals surface area contributed by atoms with Gasteiger partial charge >= 0.3 is 0 Å². The molecule has 114 valence electrons. The van der Waals surface area contributed by atoms with Crippen molar-refractivity contribution in [3.63, 3.8) is 0 Å². The maximum absolute atomic E-state index is 12.9. The zero-order chi connectivity index (χ0) is 15.3. The van der Waals surface area contributed by atoms with Gasteiger partial charge in [0.05, 0.1) is 11.3 Å². The zero-order valence-electron chi connectivity index (χ0n) is 11.9. The fraction of sp³-hybridized carbons (Fsp3) is 0.333. The molecular weight excluding hydrogens is 302 g/mol. The van der Waals surface area contributed by atoms with E-state index in [1.54, 1.807) is 12.1 Å². The maximum atomic E-state index is 12.9. The zero-order valence-corrected chi connectivity index (χ0v) is 12.7. The van der Waals surface area contributed by atoms with Gasteiger partial charge in [0, 0.05) is 5.56 Å². The average Bonchev–Trinajstić information content (AvgIpc) is 2.67. The van der Waals surface area contributed by atoms with E-state index in [4.69, 9.17) is 0 Å². The van der Waals surface area contributed by atoms with Crippen LogP contribution in [0.3, 0.4) is 0 Å². The molecule has 0 saturated heterocycles. The van der Waals surface area contributed by atoms with Crippen LogP contribution in [0.25, 0.3) is 0 Å². The summed E-state index contributed by atoms with van der Waals surface area (Å²) in [4.78, 5) is 12.4. The SMILES string of the molecule is O=C1Nc2c3c(nn2S(=O)(=O)c2ccccc21)CCCCC3. The molecular formula is C15H15N3O3S. The first-order valence-corrected chi connectivity index (χ1v) is 8.80. The van der Waals surface area contributed by atoms with Crippen LogP contribution >= 0.6 is 0 Å². The van der Waals surface area contributed by atoms with Gasteiger partial charge < -0.3 is 5.32 Å². The summed E-state index contributed by atoms with van der Waals surface area (Å²) in [5.41, 5.74) is 1.81. The summed E-state index contributed by atoms with van der Waals surface area (Å²) in [6, 6.07) is 6.24. The summed E-state index contributed by atoms with van der Waals surface area (Å²) in [6.45, 7) is 0. The second-order valence-electron chi connectivity index (χ2n) is 5.63. The number of fused-ring (bicyclic) bond motifs is 4. The van der Waals surface area contributed by atoms with Gasteiger partial charge in [-0.3, -0.25) is 4.79 Å². The third-order valence-electron chi connectivity index (χ3n) is 4.25. The van der Waals surface area contributed by atoms with E-state index in [0.29, 0.717) is 5.82 Å². The lowest BCUT2D eigenvalue weighted by atomic mass is 10.1. The van der Waals surface area contributed by atoms with Gasteiger partial charge in [-0.15, -0.1) is 4.09 Å². The van der Waals surface area contributed by atoms with Crippen molar-refractivity contribution < 1.29 is 13.2 Å². The molecule has 4 rings (SSSR count). The van der Waals surface area contributed by atoms with Crippen molar-refractivity contribution in [1.29, 1.82) is 0 Å². The molecule has 6 nitrogen and oxygen atoms in total. The van der Waals surface area contributed by atoms with Gasteiger partial charge in [-0.05, 0) is 37.8 Å². The molecule has 0 spiro atoms. The topological polar surface area (TPSA) is 81.1 Å². The van der Waals surface area contributed by atoms with Crippen LogP contribution < -0.4 is 5.32 Å². The first-order valence-electron chi connectivity index (χ1n) is 7.36. The van der Waals surface area contributed by atoms with Crippen molar-refractivity contribution in [2.45, 2.75) is 37.0 Å². The maximum Gasteiger partial charge on any atom is 0.285 e. The van der Waals surface area contributed by atoms with Crippen molar-refractivity contribution in [2.75, 3.05) is 5.32 Å². The number of hydrogen-bond donors (Lipinski definition) is 1. The second-order valence-corrected chi connectivity index (χ2v) is 7.37. The number of nitrogens with one attached hydrogen (secondary N) is 1. The largest absolute Gasteiger partial charge is 0.306 e. The molecule has 2 heterocycles. The van der Waals surface area contributed by atoms with Crippen molar-refractivity contribution in [1.82, 2.24) is 9.19 Å². The third-order valence-corrected chi connectivity index (χ3v) is 5.88. The molecule has 0 saturated carbocycles. The Morgan fingerprint density at radius 2 is 1.86 bits per heavy atom. The number of rotatable bonds is 0. The summed E-state index contributed by atoms with van der Waals surface area (Å²) in [5, 5.41) is 7.06. The van der Waals surface area contributed by atoms with Crippen molar-refractivity contribution in [3.05, 3.63) is 41.1 Å². The van der Waals surface area contributed by atoms with Crippen LogP contribution in [0.5, 0.6) is 0 Å². The average molecular weight is 317 g/mol. The van der Waals surface area contributed by atoms with Crippen molar-refractivity contribution in [3.8, 4) is 0 Å². The van der Waals surface area contributed by atoms with E-state index in [2.05, 4.69) is 10.4 Å². The predicted molar refractivity (Wildman–Crippen MR) is 80.5 cm³/mol. The van der Waals surface area contributed by atoms with Crippen LogP contribution in [-0.2, 0) is 22.9 Å². The molecule has 0 unspecified atom stereocenters. The Labute approximate surface area is 128 Å². The van der Waals surface area contributed by atoms with Crippen LogP contribution in [0.2, 0.25) is 0 Å². The van der Waals surface area contributed by atoms with E-state index in [1.165, 1.54) is 12.1 Å². The summed E-state index contributed by atoms with van der Waals surface area (Å²) in [5.74, 6) is -0.0806. The Kier molecular flexibility index (Phi) is 2.87. The number of aromatic nitrogens is 2. The van der Waals surface area contributed by atoms with Gasteiger partial charge in [0.15, 0.2) is 5.82 Å². The van der Waals surface area contributed by atoms with Gasteiger partial charge in [0.2, 0.25) is 0 Å². The lowest BCUT2D eigenvalue weighted by Gasteiger charge is -2.06. The van der Waals surface area contributed by atoms with Gasteiger partial charge in [-0.1, -0.05) is 18.6 Å². The molecule has 2 aliphatic rings. The Hall–Kier alpha value is -2.15. The Bertz CT molecular complexity index is 883. The molecule has 0 atom stereocenters. The fourth-order valence-corrected chi connectivity index (χ4v) is 4.63. The monoisotopic (exact) mass is 317 g/mol. The smallest absolute Gasteiger partial charge is 0.285 e. The minimum absolute atomic E-state index is 0.00362. The highest BCUT2D eigenvalue weighted by Gasteiger charge is 2.34. The Morgan fingerprint density at radius 3 is 2.73 bits per heavy atom. The number of carbonyl (C=O) groups excluding carboxylic acids is 1. The molecule has 1 aliphatic heterocycles. The number of amides is 1. The fourth-order valence-electron chi connectivity index (χ4n) is 3.15. The van der Waals surface area contributed by atoms with E-state index < -0.39 is 15.9 Å². The summed E-state index contributed by atoms with van der Waals surface area (Å²) in [7, 11) is -3.85. The van der Waals surface area contributed by atoms with Gasteiger partial charge in [0.1, 0.15) is 4.90 Å². The molecule has 1 amide bonds. The number of benzene rings is 1. The predicted octanol–water partition coefficient (Wildman–Crippen LogP) is 1.95. The molecule has 0 radical (unpaired) electrons. The lowest BCUT2D eigenvalue weighted by Crippen LogP contribution is -2.15. The highest BCUT2D eigenvalue weighted by Crippen LogP contribution is 2.33. The van der Waals surface area contributed by atoms with E-state index >= 15 is 0 Å². The number of aryl methyl sites for hydroxylation is 1. The highest BCUT2D eigenvalue weighted by molar-refractivity contribution is 7.90. The normalized spacial score (nSPS) is 19.2. The number of carbonyl (C=O) groups is 1. The molecule has 22 heavy (non-hydrogen) atoms. The van der Waals surface area contributed by atoms with Crippen LogP contribution in [-0.4, -0.2) is 23.5 Å². The molecule has 1 aromatic carbocycles. The van der Waals surface area contributed by atoms with E-state index in [0.717, 1.165) is 47.4 Å². The quantitative estimate of drug-likeness (QED) is 0.753. The number of hydrogen-bond acceptors (Lipinski definition) is 4. The standard InChI is InChI=1S/C15H15N3O3S/c19-15-11-7-4-5-9-13(11)22(20,21)18-14(16-15)10-6-2-1-3-8-12(10)17-18/h4-5,7,9H,1-3,6,8H2,(H,16,19). The van der Waals surface area contributed by atoms with Gasteiger partial charge in [-0.2, -0.15) is 13.5 Å². The molecule has 1 aliphatic carbocycles. The molecule has 2 aromatic rings. The molecule has 1 N–H and O–H groups in total. The van der Waals surface area contributed by atoms with E-state index in [-0.39, 0.29) is 10.5 Å². The number of nitrogens with zero attached hydrogens (tertiary/aromatic N) is 2. The minimum atomic E-state index is -3.85. The molecule has 1 aromatic heterocycles. The lowest BCUT2D eigenvalue weighted by molar-refractivity contribution is 0.102. The van der Waals surface area contributed by atoms with E-state index in [9.17, 15) is 13.2 Å². The van der Waals surface area contributed by atoms with Gasteiger partial charge in [0.25, 0.3) is 15.9 Å². The van der Waals surface area contributed by atoms with Gasteiger partial charge in [-0.25, -0.2) is 0 Å². The molecule has 7 heteroatoms. The first-order chi connectivity index (χ1) is 10.6. The van der Waals surface area contributed by atoms with Crippen LogP contribution in [0, 0.1) is 0 Å². The van der Waals surface area contributed by atoms with Crippen molar-refractivity contribution >= 4 is 21.7 Å².